The lowest BCUT2D eigenvalue weighted by molar-refractivity contribution is 0.359. The Morgan fingerprint density at radius 3 is 2.59 bits per heavy atom. The molecule has 0 aromatic heterocycles. The number of aryl methyl sites for hydroxylation is 1. The van der Waals surface area contributed by atoms with Crippen molar-refractivity contribution in [3.05, 3.63) is 46.3 Å². The summed E-state index contributed by atoms with van der Waals surface area (Å²) in [7, 11) is 0. The van der Waals surface area contributed by atoms with Gasteiger partial charge in [-0.1, -0.05) is 31.5 Å². The number of benzene rings is 1. The minimum atomic E-state index is 0.923. The molecule has 0 amide bonds. The smallest absolute Gasteiger partial charge is 0.0434 e. The van der Waals surface area contributed by atoms with Gasteiger partial charge in [0.15, 0.2) is 0 Å². The molecule has 2 nitrogen and oxygen atoms in total. The van der Waals surface area contributed by atoms with Crippen molar-refractivity contribution in [1.82, 2.24) is 4.90 Å². The van der Waals surface area contributed by atoms with Gasteiger partial charge >= 0.3 is 0 Å². The normalized spacial score (nSPS) is 15.8. The molecule has 0 saturated heterocycles. The van der Waals surface area contributed by atoms with Crippen molar-refractivity contribution >= 4 is 0 Å². The number of nitrogens with zero attached hydrogens (tertiary/aromatic N) is 1. The van der Waals surface area contributed by atoms with Crippen molar-refractivity contribution in [3.63, 3.8) is 0 Å². The summed E-state index contributed by atoms with van der Waals surface area (Å²) < 4.78 is 0. The summed E-state index contributed by atoms with van der Waals surface area (Å²) in [6.45, 7) is 8.31. The second kappa shape index (κ2) is 4.82. The summed E-state index contributed by atoms with van der Waals surface area (Å²) >= 11 is 0. The number of rotatable bonds is 3. The molecule has 1 aromatic carbocycles. The van der Waals surface area contributed by atoms with E-state index in [1.807, 2.05) is 6.92 Å². The zero-order valence-electron chi connectivity index (χ0n) is 11.1. The molecule has 0 saturated carbocycles. The van der Waals surface area contributed by atoms with Crippen molar-refractivity contribution in [2.24, 2.45) is 5.73 Å². The van der Waals surface area contributed by atoms with Crippen LogP contribution in [0.15, 0.2) is 29.6 Å². The Hall–Kier alpha value is -1.44. The SMILES string of the molecule is CCCc1ccc2c(c1)CN(/C(C)=C(/C)N)C2. The van der Waals surface area contributed by atoms with Gasteiger partial charge in [0.2, 0.25) is 0 Å². The van der Waals surface area contributed by atoms with Crippen molar-refractivity contribution in [1.29, 1.82) is 0 Å². The third kappa shape index (κ3) is 2.46. The predicted octanol–water partition coefficient (Wildman–Crippen LogP) is 3.16. The first-order valence-electron chi connectivity index (χ1n) is 6.40. The second-order valence-electron chi connectivity index (χ2n) is 4.98. The number of allylic oxidation sites excluding steroid dienone is 2. The molecule has 1 aromatic rings. The minimum absolute atomic E-state index is 0.923. The molecule has 92 valence electrons. The van der Waals surface area contributed by atoms with Crippen LogP contribution < -0.4 is 5.73 Å². The van der Waals surface area contributed by atoms with Gasteiger partial charge in [0.1, 0.15) is 0 Å². The largest absolute Gasteiger partial charge is 0.401 e. The molecule has 0 unspecified atom stereocenters. The first kappa shape index (κ1) is 12.0. The molecule has 0 aliphatic carbocycles. The Balaban J connectivity index is 2.19. The molecule has 0 bridgehead atoms. The topological polar surface area (TPSA) is 29.3 Å². The standard InChI is InChI=1S/C15H22N2/c1-4-5-13-6-7-14-9-17(10-15(14)8-13)12(3)11(2)16/h6-8H,4-5,9-10,16H2,1-3H3/b12-11-. The molecular weight excluding hydrogens is 208 g/mol. The molecule has 2 rings (SSSR count). The Kier molecular flexibility index (Phi) is 3.41. The number of hydrogen-bond donors (Lipinski definition) is 1. The molecule has 1 aliphatic rings. The van der Waals surface area contributed by atoms with Crippen molar-refractivity contribution in [2.75, 3.05) is 0 Å². The Morgan fingerprint density at radius 2 is 1.94 bits per heavy atom. The van der Waals surface area contributed by atoms with Gasteiger partial charge < -0.3 is 10.6 Å². The van der Waals surface area contributed by atoms with Gasteiger partial charge in [-0.25, -0.2) is 0 Å². The lowest BCUT2D eigenvalue weighted by Crippen LogP contribution is -2.17. The summed E-state index contributed by atoms with van der Waals surface area (Å²) in [5.41, 5.74) is 12.4. The van der Waals surface area contributed by atoms with Crippen LogP contribution in [0.4, 0.5) is 0 Å². The van der Waals surface area contributed by atoms with Crippen molar-refractivity contribution in [3.8, 4) is 0 Å². The summed E-state index contributed by atoms with van der Waals surface area (Å²) in [5, 5.41) is 0. The van der Waals surface area contributed by atoms with Crippen LogP contribution in [0, 0.1) is 0 Å². The first-order chi connectivity index (χ1) is 8.11. The molecule has 0 spiro atoms. The maximum atomic E-state index is 5.87. The zero-order valence-corrected chi connectivity index (χ0v) is 11.1. The lowest BCUT2D eigenvalue weighted by Gasteiger charge is -2.19. The fourth-order valence-corrected chi connectivity index (χ4v) is 2.38. The van der Waals surface area contributed by atoms with Crippen LogP contribution in [0.5, 0.6) is 0 Å². The fourth-order valence-electron chi connectivity index (χ4n) is 2.38. The van der Waals surface area contributed by atoms with E-state index in [1.54, 1.807) is 0 Å². The van der Waals surface area contributed by atoms with E-state index in [4.69, 9.17) is 5.73 Å². The summed E-state index contributed by atoms with van der Waals surface area (Å²) in [5.74, 6) is 0. The average molecular weight is 230 g/mol. The van der Waals surface area contributed by atoms with E-state index in [1.165, 1.54) is 35.2 Å². The lowest BCUT2D eigenvalue weighted by atomic mass is 10.0. The van der Waals surface area contributed by atoms with E-state index in [0.717, 1.165) is 18.8 Å². The van der Waals surface area contributed by atoms with Crippen molar-refractivity contribution in [2.45, 2.75) is 46.7 Å². The molecule has 1 aliphatic heterocycles. The Labute approximate surface area is 104 Å². The average Bonchev–Trinajstić information content (AvgIpc) is 2.71. The highest BCUT2D eigenvalue weighted by molar-refractivity contribution is 5.36. The van der Waals surface area contributed by atoms with E-state index in [0.29, 0.717) is 0 Å². The molecular formula is C15H22N2. The van der Waals surface area contributed by atoms with E-state index in [-0.39, 0.29) is 0 Å². The van der Waals surface area contributed by atoms with Crippen LogP contribution in [0.3, 0.4) is 0 Å². The van der Waals surface area contributed by atoms with Crippen LogP contribution in [-0.2, 0) is 19.5 Å². The van der Waals surface area contributed by atoms with Gasteiger partial charge in [-0.2, -0.15) is 0 Å². The molecule has 2 N–H and O–H groups in total. The van der Waals surface area contributed by atoms with Gasteiger partial charge in [0.05, 0.1) is 0 Å². The summed E-state index contributed by atoms with van der Waals surface area (Å²) in [6, 6.07) is 6.90. The van der Waals surface area contributed by atoms with E-state index in [9.17, 15) is 0 Å². The molecule has 1 heterocycles. The van der Waals surface area contributed by atoms with Crippen LogP contribution in [0.1, 0.15) is 43.9 Å². The maximum Gasteiger partial charge on any atom is 0.0434 e. The Morgan fingerprint density at radius 1 is 1.24 bits per heavy atom. The van der Waals surface area contributed by atoms with E-state index < -0.39 is 0 Å². The highest BCUT2D eigenvalue weighted by atomic mass is 15.2. The quantitative estimate of drug-likeness (QED) is 0.864. The van der Waals surface area contributed by atoms with Crippen LogP contribution in [0.2, 0.25) is 0 Å². The van der Waals surface area contributed by atoms with E-state index >= 15 is 0 Å². The Bertz CT molecular complexity index is 442. The predicted molar refractivity (Wildman–Crippen MR) is 72.2 cm³/mol. The fraction of sp³-hybridized carbons (Fsp3) is 0.467. The first-order valence-corrected chi connectivity index (χ1v) is 6.40. The van der Waals surface area contributed by atoms with Crippen molar-refractivity contribution < 1.29 is 0 Å². The zero-order chi connectivity index (χ0) is 12.4. The van der Waals surface area contributed by atoms with Gasteiger partial charge in [0.25, 0.3) is 0 Å². The van der Waals surface area contributed by atoms with Crippen LogP contribution >= 0.6 is 0 Å². The van der Waals surface area contributed by atoms with Crippen LogP contribution in [0.25, 0.3) is 0 Å². The monoisotopic (exact) mass is 230 g/mol. The minimum Gasteiger partial charge on any atom is -0.401 e. The molecule has 0 atom stereocenters. The maximum absolute atomic E-state index is 5.87. The molecule has 2 heteroatoms. The van der Waals surface area contributed by atoms with Gasteiger partial charge in [-0.15, -0.1) is 0 Å². The van der Waals surface area contributed by atoms with E-state index in [2.05, 4.69) is 36.9 Å². The third-order valence-electron chi connectivity index (χ3n) is 3.58. The van der Waals surface area contributed by atoms with Gasteiger partial charge in [-0.3, -0.25) is 0 Å². The highest BCUT2D eigenvalue weighted by Gasteiger charge is 2.19. The van der Waals surface area contributed by atoms with Gasteiger partial charge in [0, 0.05) is 24.5 Å². The number of nitrogens with two attached hydrogens (primary N) is 1. The molecule has 0 fully saturated rings. The van der Waals surface area contributed by atoms with Gasteiger partial charge in [-0.05, 0) is 37.0 Å². The molecule has 17 heavy (non-hydrogen) atoms. The number of fused-ring (bicyclic) bond motifs is 1. The molecule has 0 radical (unpaired) electrons. The summed E-state index contributed by atoms with van der Waals surface area (Å²) in [4.78, 5) is 2.36. The third-order valence-corrected chi connectivity index (χ3v) is 3.58. The summed E-state index contributed by atoms with van der Waals surface area (Å²) in [6.07, 6.45) is 2.39. The number of hydrogen-bond acceptors (Lipinski definition) is 2. The van der Waals surface area contributed by atoms with Crippen LogP contribution in [-0.4, -0.2) is 4.90 Å². The highest BCUT2D eigenvalue weighted by Crippen LogP contribution is 2.27. The second-order valence-corrected chi connectivity index (χ2v) is 4.98.